The number of rotatable bonds is 4. The minimum atomic E-state index is -3.09. The van der Waals surface area contributed by atoms with E-state index in [-0.39, 0.29) is 35.2 Å². The molecule has 152 valence electrons. The first-order chi connectivity index (χ1) is 13.8. The molecule has 4 rings (SSSR count). The van der Waals surface area contributed by atoms with E-state index in [0.717, 1.165) is 22.5 Å². The molecule has 0 radical (unpaired) electrons. The quantitative estimate of drug-likeness (QED) is 0.808. The van der Waals surface area contributed by atoms with Gasteiger partial charge in [0.2, 0.25) is 5.91 Å². The van der Waals surface area contributed by atoms with Crippen molar-refractivity contribution in [3.63, 3.8) is 0 Å². The lowest BCUT2D eigenvalue weighted by molar-refractivity contribution is -0.113. The molecule has 0 aromatic heterocycles. The third kappa shape index (κ3) is 4.18. The molecular weight excluding hydrogens is 406 g/mol. The van der Waals surface area contributed by atoms with E-state index in [1.165, 1.54) is 11.8 Å². The van der Waals surface area contributed by atoms with E-state index >= 15 is 0 Å². The summed E-state index contributed by atoms with van der Waals surface area (Å²) in [5, 5.41) is 3.70. The van der Waals surface area contributed by atoms with E-state index in [1.807, 2.05) is 67.3 Å². The van der Waals surface area contributed by atoms with Crippen molar-refractivity contribution in [3.8, 4) is 0 Å². The highest BCUT2D eigenvalue weighted by atomic mass is 32.2. The first-order valence-electron chi connectivity index (χ1n) is 9.45. The van der Waals surface area contributed by atoms with Crippen molar-refractivity contribution in [3.05, 3.63) is 59.7 Å². The second-order valence-corrected chi connectivity index (χ2v) is 10.5. The van der Waals surface area contributed by atoms with Crippen molar-refractivity contribution < 1.29 is 13.2 Å². The Hall–Kier alpha value is -2.32. The lowest BCUT2D eigenvalue weighted by Crippen LogP contribution is -2.39. The summed E-state index contributed by atoms with van der Waals surface area (Å²) in [6, 6.07) is 15.1. The topological polar surface area (TPSA) is 78.8 Å². The number of anilines is 2. The van der Waals surface area contributed by atoms with Gasteiger partial charge in [-0.25, -0.2) is 8.42 Å². The number of sulfone groups is 1. The molecule has 1 N–H and O–H groups in total. The molecule has 2 aromatic carbocycles. The van der Waals surface area contributed by atoms with E-state index in [4.69, 9.17) is 0 Å². The number of nitrogens with zero attached hydrogens (tertiary/aromatic N) is 2. The summed E-state index contributed by atoms with van der Waals surface area (Å²) in [6.45, 7) is 3.94. The van der Waals surface area contributed by atoms with Crippen LogP contribution in [0.4, 0.5) is 11.4 Å². The average Bonchev–Trinajstić information content (AvgIpc) is 3.15. The van der Waals surface area contributed by atoms with Crippen LogP contribution in [0, 0.1) is 13.8 Å². The number of carbonyl (C=O) groups is 1. The van der Waals surface area contributed by atoms with Gasteiger partial charge in [-0.1, -0.05) is 48.2 Å². The molecule has 0 aliphatic carbocycles. The number of para-hydroxylation sites is 2. The number of fused-ring (bicyclic) bond motifs is 1. The van der Waals surface area contributed by atoms with Crippen LogP contribution < -0.4 is 10.2 Å². The van der Waals surface area contributed by atoms with Crippen LogP contribution in [0.15, 0.2) is 53.5 Å². The molecule has 0 bridgehead atoms. The van der Waals surface area contributed by atoms with Gasteiger partial charge in [0, 0.05) is 11.4 Å². The SMILES string of the molecule is Cc1cccc(C)c1NC(=O)CSC1=N[C@H]2CS(=O)(=O)C[C@@H]2N1c1ccccc1. The van der Waals surface area contributed by atoms with Crippen molar-refractivity contribution in [2.75, 3.05) is 27.5 Å². The van der Waals surface area contributed by atoms with Gasteiger partial charge in [-0.15, -0.1) is 0 Å². The summed E-state index contributed by atoms with van der Waals surface area (Å²) in [7, 11) is -3.09. The maximum Gasteiger partial charge on any atom is 0.234 e. The average molecular weight is 430 g/mol. The number of amides is 1. The Kier molecular flexibility index (Phi) is 5.40. The molecule has 1 saturated heterocycles. The number of thioether (sulfide) groups is 1. The predicted molar refractivity (Wildman–Crippen MR) is 120 cm³/mol. The highest BCUT2D eigenvalue weighted by Crippen LogP contribution is 2.35. The molecule has 2 aromatic rings. The largest absolute Gasteiger partial charge is 0.325 e. The number of aryl methyl sites for hydroxylation is 2. The maximum absolute atomic E-state index is 12.6. The Morgan fingerprint density at radius 1 is 1.10 bits per heavy atom. The molecule has 8 heteroatoms. The van der Waals surface area contributed by atoms with Gasteiger partial charge in [-0.2, -0.15) is 0 Å². The molecule has 1 amide bonds. The lowest BCUT2D eigenvalue weighted by Gasteiger charge is -2.26. The summed E-state index contributed by atoms with van der Waals surface area (Å²) in [6.07, 6.45) is 0. The summed E-state index contributed by atoms with van der Waals surface area (Å²) in [5.41, 5.74) is 3.78. The van der Waals surface area contributed by atoms with Gasteiger partial charge in [0.05, 0.1) is 29.3 Å². The van der Waals surface area contributed by atoms with Crippen LogP contribution in [0.2, 0.25) is 0 Å². The second-order valence-electron chi connectivity index (χ2n) is 7.43. The lowest BCUT2D eigenvalue weighted by atomic mass is 10.1. The smallest absolute Gasteiger partial charge is 0.234 e. The first-order valence-corrected chi connectivity index (χ1v) is 12.3. The number of hydrogen-bond acceptors (Lipinski definition) is 6. The number of hydrogen-bond donors (Lipinski definition) is 1. The summed E-state index contributed by atoms with van der Waals surface area (Å²) >= 11 is 1.35. The summed E-state index contributed by atoms with van der Waals surface area (Å²) in [4.78, 5) is 19.2. The summed E-state index contributed by atoms with van der Waals surface area (Å²) < 4.78 is 24.2. The Labute approximate surface area is 175 Å². The molecule has 29 heavy (non-hydrogen) atoms. The van der Waals surface area contributed by atoms with E-state index in [1.54, 1.807) is 0 Å². The van der Waals surface area contributed by atoms with Crippen molar-refractivity contribution >= 4 is 44.0 Å². The van der Waals surface area contributed by atoms with E-state index in [2.05, 4.69) is 10.3 Å². The number of benzene rings is 2. The van der Waals surface area contributed by atoms with Crippen LogP contribution in [0.1, 0.15) is 11.1 Å². The maximum atomic E-state index is 12.6. The van der Waals surface area contributed by atoms with Crippen molar-refractivity contribution in [1.29, 1.82) is 0 Å². The number of carbonyl (C=O) groups excluding carboxylic acids is 1. The van der Waals surface area contributed by atoms with Gasteiger partial charge in [-0.05, 0) is 37.1 Å². The Morgan fingerprint density at radius 2 is 1.79 bits per heavy atom. The minimum absolute atomic E-state index is 0.0691. The number of aliphatic imine (C=N–C) groups is 1. The predicted octanol–water partition coefficient (Wildman–Crippen LogP) is 3.02. The van der Waals surface area contributed by atoms with Crippen LogP contribution >= 0.6 is 11.8 Å². The Bertz CT molecular complexity index is 1050. The van der Waals surface area contributed by atoms with Gasteiger partial charge in [0.25, 0.3) is 0 Å². The molecule has 1 fully saturated rings. The van der Waals surface area contributed by atoms with E-state index in [9.17, 15) is 13.2 Å². The van der Waals surface area contributed by atoms with E-state index < -0.39 is 9.84 Å². The Morgan fingerprint density at radius 3 is 2.48 bits per heavy atom. The highest BCUT2D eigenvalue weighted by Gasteiger charge is 2.47. The minimum Gasteiger partial charge on any atom is -0.325 e. The molecule has 0 unspecified atom stereocenters. The van der Waals surface area contributed by atoms with Gasteiger partial charge in [0.15, 0.2) is 15.0 Å². The van der Waals surface area contributed by atoms with Gasteiger partial charge in [0.1, 0.15) is 0 Å². The van der Waals surface area contributed by atoms with Gasteiger partial charge >= 0.3 is 0 Å². The van der Waals surface area contributed by atoms with Crippen LogP contribution in [-0.2, 0) is 14.6 Å². The van der Waals surface area contributed by atoms with Crippen LogP contribution in [-0.4, -0.2) is 48.8 Å². The van der Waals surface area contributed by atoms with Crippen LogP contribution in [0.25, 0.3) is 0 Å². The normalized spacial score (nSPS) is 22.3. The fourth-order valence-corrected chi connectivity index (χ4v) is 6.61. The fraction of sp³-hybridized carbons (Fsp3) is 0.333. The molecule has 0 saturated carbocycles. The monoisotopic (exact) mass is 429 g/mol. The summed E-state index contributed by atoms with van der Waals surface area (Å²) in [5.74, 6) is 0.268. The van der Waals surface area contributed by atoms with E-state index in [0.29, 0.717) is 5.17 Å². The third-order valence-electron chi connectivity index (χ3n) is 5.22. The molecule has 6 nitrogen and oxygen atoms in total. The first kappa shape index (κ1) is 20.0. The van der Waals surface area contributed by atoms with Crippen LogP contribution in [0.5, 0.6) is 0 Å². The molecule has 2 atom stereocenters. The molecule has 2 aliphatic heterocycles. The van der Waals surface area contributed by atoms with Crippen LogP contribution in [0.3, 0.4) is 0 Å². The van der Waals surface area contributed by atoms with Gasteiger partial charge < -0.3 is 10.2 Å². The number of amidine groups is 1. The van der Waals surface area contributed by atoms with Gasteiger partial charge in [-0.3, -0.25) is 9.79 Å². The molecule has 2 heterocycles. The zero-order valence-corrected chi connectivity index (χ0v) is 18.0. The third-order valence-corrected chi connectivity index (χ3v) is 7.89. The molecular formula is C21H23N3O3S2. The highest BCUT2D eigenvalue weighted by molar-refractivity contribution is 8.14. The molecule has 0 spiro atoms. The second kappa shape index (κ2) is 7.84. The Balaban J connectivity index is 1.50. The molecule has 2 aliphatic rings. The standard InChI is InChI=1S/C21H23N3O3S2/c1-14-7-6-8-15(2)20(14)23-19(25)11-28-21-22-17-12-29(26,27)13-18(17)24(21)16-9-4-3-5-10-16/h3-10,17-18H,11-13H2,1-2H3,(H,23,25)/t17-,18-/m0/s1. The van der Waals surface area contributed by atoms with Crippen molar-refractivity contribution in [2.24, 2.45) is 4.99 Å². The zero-order valence-electron chi connectivity index (χ0n) is 16.3. The van der Waals surface area contributed by atoms with Crippen molar-refractivity contribution in [2.45, 2.75) is 25.9 Å². The van der Waals surface area contributed by atoms with Crippen molar-refractivity contribution in [1.82, 2.24) is 0 Å². The fourth-order valence-electron chi connectivity index (χ4n) is 3.84. The zero-order chi connectivity index (χ0) is 20.6. The number of nitrogens with one attached hydrogen (secondary N) is 1.